The van der Waals surface area contributed by atoms with Gasteiger partial charge in [-0.25, -0.2) is 4.79 Å². The van der Waals surface area contributed by atoms with Crippen LogP contribution in [0, 0.1) is 0 Å². The largest absolute Gasteiger partial charge is 0.380 e. The minimum absolute atomic E-state index is 0.278. The van der Waals surface area contributed by atoms with Gasteiger partial charge in [-0.1, -0.05) is 24.3 Å². The van der Waals surface area contributed by atoms with Crippen LogP contribution in [0.25, 0.3) is 11.0 Å². The van der Waals surface area contributed by atoms with E-state index in [0.29, 0.717) is 24.4 Å². The molecular formula is C16H17N5O2. The molecule has 0 aliphatic rings. The van der Waals surface area contributed by atoms with Gasteiger partial charge in [-0.05, 0) is 29.3 Å². The number of fused-ring (bicyclic) bond motifs is 1. The van der Waals surface area contributed by atoms with Crippen LogP contribution in [-0.4, -0.2) is 28.6 Å². The minimum atomic E-state index is -0.278. The number of ether oxygens (including phenoxy) is 1. The van der Waals surface area contributed by atoms with Crippen LogP contribution in [-0.2, 0) is 17.9 Å². The predicted octanol–water partition coefficient (Wildman–Crippen LogP) is 2.43. The van der Waals surface area contributed by atoms with Gasteiger partial charge in [0.25, 0.3) is 0 Å². The Morgan fingerprint density at radius 2 is 1.91 bits per heavy atom. The van der Waals surface area contributed by atoms with Gasteiger partial charge >= 0.3 is 6.03 Å². The Morgan fingerprint density at radius 1 is 1.13 bits per heavy atom. The molecule has 0 aliphatic heterocycles. The van der Waals surface area contributed by atoms with Gasteiger partial charge in [-0.3, -0.25) is 0 Å². The molecule has 1 heterocycles. The highest BCUT2D eigenvalue weighted by Crippen LogP contribution is 2.15. The fraction of sp³-hybridized carbons (Fsp3) is 0.188. The first-order valence-corrected chi connectivity index (χ1v) is 7.17. The number of hydrogen-bond donors (Lipinski definition) is 3. The van der Waals surface area contributed by atoms with Crippen LogP contribution in [0.2, 0.25) is 0 Å². The van der Waals surface area contributed by atoms with Gasteiger partial charge in [0.2, 0.25) is 0 Å². The average molecular weight is 311 g/mol. The monoisotopic (exact) mass is 311 g/mol. The molecule has 0 fully saturated rings. The third kappa shape index (κ3) is 3.64. The lowest BCUT2D eigenvalue weighted by Gasteiger charge is -2.11. The first-order valence-electron chi connectivity index (χ1n) is 7.17. The fourth-order valence-electron chi connectivity index (χ4n) is 2.30. The van der Waals surface area contributed by atoms with Crippen molar-refractivity contribution >= 4 is 22.8 Å². The Labute approximate surface area is 133 Å². The number of carbonyl (C=O) groups is 1. The molecule has 0 radical (unpaired) electrons. The van der Waals surface area contributed by atoms with E-state index < -0.39 is 0 Å². The van der Waals surface area contributed by atoms with Crippen LogP contribution in [0.15, 0.2) is 42.5 Å². The molecule has 0 saturated carbocycles. The van der Waals surface area contributed by atoms with Crippen molar-refractivity contribution in [3.63, 3.8) is 0 Å². The van der Waals surface area contributed by atoms with Crippen LogP contribution in [0.3, 0.4) is 0 Å². The second kappa shape index (κ2) is 6.89. The van der Waals surface area contributed by atoms with Crippen molar-refractivity contribution in [1.82, 2.24) is 20.7 Å². The summed E-state index contributed by atoms with van der Waals surface area (Å²) in [5, 5.41) is 16.1. The van der Waals surface area contributed by atoms with Crippen LogP contribution in [0.5, 0.6) is 0 Å². The molecule has 3 N–H and O–H groups in total. The smallest absolute Gasteiger partial charge is 0.319 e. The van der Waals surface area contributed by atoms with E-state index in [9.17, 15) is 4.79 Å². The number of amides is 2. The Balaban J connectivity index is 1.61. The van der Waals surface area contributed by atoms with E-state index in [0.717, 1.165) is 16.6 Å². The Hall–Kier alpha value is -2.93. The Kier molecular flexibility index (Phi) is 4.49. The number of carbonyl (C=O) groups excluding carboxylic acids is 1. The van der Waals surface area contributed by atoms with Gasteiger partial charge in [0.1, 0.15) is 11.0 Å². The lowest BCUT2D eigenvalue weighted by Crippen LogP contribution is -2.28. The number of aromatic amines is 1. The van der Waals surface area contributed by atoms with E-state index in [-0.39, 0.29) is 6.03 Å². The summed E-state index contributed by atoms with van der Waals surface area (Å²) >= 11 is 0. The zero-order valence-corrected chi connectivity index (χ0v) is 12.7. The van der Waals surface area contributed by atoms with Crippen LogP contribution >= 0.6 is 0 Å². The number of aromatic nitrogens is 3. The number of rotatable bonds is 5. The average Bonchev–Trinajstić information content (AvgIpc) is 3.02. The van der Waals surface area contributed by atoms with Crippen molar-refractivity contribution in [1.29, 1.82) is 0 Å². The molecule has 0 spiro atoms. The van der Waals surface area contributed by atoms with Gasteiger partial charge in [0.05, 0.1) is 6.61 Å². The molecule has 0 aliphatic carbocycles. The number of anilines is 1. The van der Waals surface area contributed by atoms with Gasteiger partial charge in [0, 0.05) is 19.3 Å². The van der Waals surface area contributed by atoms with Crippen molar-refractivity contribution in [2.45, 2.75) is 13.2 Å². The third-order valence-electron chi connectivity index (χ3n) is 3.43. The standard InChI is InChI=1S/C16H17N5O2/c1-23-10-12-5-3-2-4-11(12)9-17-16(22)18-13-6-7-14-15(8-13)20-21-19-14/h2-8H,9-10H2,1H3,(H2,17,18,22)(H,19,20,21). The Morgan fingerprint density at radius 3 is 2.74 bits per heavy atom. The highest BCUT2D eigenvalue weighted by Gasteiger charge is 2.06. The molecule has 0 atom stereocenters. The summed E-state index contributed by atoms with van der Waals surface area (Å²) in [6.45, 7) is 0.944. The van der Waals surface area contributed by atoms with Crippen molar-refractivity contribution in [2.75, 3.05) is 12.4 Å². The van der Waals surface area contributed by atoms with Crippen molar-refractivity contribution in [3.8, 4) is 0 Å². The van der Waals surface area contributed by atoms with Gasteiger partial charge in [-0.2, -0.15) is 15.4 Å². The SMILES string of the molecule is COCc1ccccc1CNC(=O)Nc1ccc2n[nH]nc2c1. The fourth-order valence-corrected chi connectivity index (χ4v) is 2.30. The van der Waals surface area contributed by atoms with Crippen molar-refractivity contribution < 1.29 is 9.53 Å². The van der Waals surface area contributed by atoms with E-state index in [4.69, 9.17) is 4.74 Å². The molecule has 0 bridgehead atoms. The summed E-state index contributed by atoms with van der Waals surface area (Å²) in [6, 6.07) is 12.9. The normalized spacial score (nSPS) is 10.7. The maximum Gasteiger partial charge on any atom is 0.319 e. The predicted molar refractivity (Wildman–Crippen MR) is 86.9 cm³/mol. The molecule has 3 aromatic rings. The summed E-state index contributed by atoms with van der Waals surface area (Å²) < 4.78 is 5.16. The molecule has 2 aromatic carbocycles. The van der Waals surface area contributed by atoms with Crippen molar-refractivity contribution in [3.05, 3.63) is 53.6 Å². The zero-order valence-electron chi connectivity index (χ0n) is 12.7. The number of nitrogens with zero attached hydrogens (tertiary/aromatic N) is 2. The van der Waals surface area contributed by atoms with E-state index in [1.165, 1.54) is 0 Å². The van der Waals surface area contributed by atoms with Gasteiger partial charge < -0.3 is 15.4 Å². The number of hydrogen-bond acceptors (Lipinski definition) is 4. The first-order chi connectivity index (χ1) is 11.3. The van der Waals surface area contributed by atoms with E-state index >= 15 is 0 Å². The van der Waals surface area contributed by atoms with E-state index in [2.05, 4.69) is 26.0 Å². The Bertz CT molecular complexity index is 815. The summed E-state index contributed by atoms with van der Waals surface area (Å²) in [7, 11) is 1.65. The molecule has 0 saturated heterocycles. The third-order valence-corrected chi connectivity index (χ3v) is 3.43. The van der Waals surface area contributed by atoms with Crippen LogP contribution in [0.4, 0.5) is 10.5 Å². The number of urea groups is 1. The minimum Gasteiger partial charge on any atom is -0.380 e. The summed E-state index contributed by atoms with van der Waals surface area (Å²) in [5.74, 6) is 0. The van der Waals surface area contributed by atoms with Crippen LogP contribution < -0.4 is 10.6 Å². The van der Waals surface area contributed by atoms with Gasteiger partial charge in [0.15, 0.2) is 0 Å². The molecule has 3 rings (SSSR count). The van der Waals surface area contributed by atoms with E-state index in [1.54, 1.807) is 25.3 Å². The van der Waals surface area contributed by atoms with Crippen LogP contribution in [0.1, 0.15) is 11.1 Å². The summed E-state index contributed by atoms with van der Waals surface area (Å²) in [5.41, 5.74) is 4.20. The topological polar surface area (TPSA) is 91.9 Å². The van der Waals surface area contributed by atoms with Gasteiger partial charge in [-0.15, -0.1) is 0 Å². The maximum absolute atomic E-state index is 12.0. The molecule has 7 heteroatoms. The lowest BCUT2D eigenvalue weighted by molar-refractivity contribution is 0.184. The molecule has 23 heavy (non-hydrogen) atoms. The molecule has 0 unspecified atom stereocenters. The quantitative estimate of drug-likeness (QED) is 0.675. The lowest BCUT2D eigenvalue weighted by atomic mass is 10.1. The number of methoxy groups -OCH3 is 1. The zero-order chi connectivity index (χ0) is 16.1. The molecule has 118 valence electrons. The number of H-pyrrole nitrogens is 1. The summed E-state index contributed by atoms with van der Waals surface area (Å²) in [6.07, 6.45) is 0. The van der Waals surface area contributed by atoms with E-state index in [1.807, 2.05) is 24.3 Å². The highest BCUT2D eigenvalue weighted by atomic mass is 16.5. The summed E-state index contributed by atoms with van der Waals surface area (Å²) in [4.78, 5) is 12.0. The first kappa shape index (κ1) is 15.0. The number of benzene rings is 2. The number of nitrogens with one attached hydrogen (secondary N) is 3. The second-order valence-corrected chi connectivity index (χ2v) is 5.04. The van der Waals surface area contributed by atoms with Crippen molar-refractivity contribution in [2.24, 2.45) is 0 Å². The molecule has 2 amide bonds. The molecule has 1 aromatic heterocycles. The molecule has 7 nitrogen and oxygen atoms in total. The highest BCUT2D eigenvalue weighted by molar-refractivity contribution is 5.91. The molecular weight excluding hydrogens is 294 g/mol. The second-order valence-electron chi connectivity index (χ2n) is 5.04. The maximum atomic E-state index is 12.0.